The van der Waals surface area contributed by atoms with Crippen molar-refractivity contribution in [3.63, 3.8) is 0 Å². The molecule has 166 valence electrons. The Bertz CT molecular complexity index is 1160. The second-order valence-corrected chi connectivity index (χ2v) is 10.0. The SMILES string of the molecule is COc1ccc(C2C(C)NN3C(=O)C=C(CSc4nc5ccccc5s4)NC23)cc1OC. The fourth-order valence-corrected chi connectivity index (χ4v) is 6.27. The zero-order chi connectivity index (χ0) is 22.2. The molecule has 0 saturated carbocycles. The fraction of sp³-hybridized carbons (Fsp3) is 0.304. The minimum absolute atomic E-state index is 0.0384. The van der Waals surface area contributed by atoms with Crippen LogP contribution in [0.4, 0.5) is 0 Å². The third-order valence-electron chi connectivity index (χ3n) is 5.79. The summed E-state index contributed by atoms with van der Waals surface area (Å²) >= 11 is 3.32. The number of nitrogens with one attached hydrogen (secondary N) is 2. The van der Waals surface area contributed by atoms with E-state index in [4.69, 9.17) is 9.47 Å². The number of hydrogen-bond acceptors (Lipinski definition) is 8. The van der Waals surface area contributed by atoms with Crippen LogP contribution in [0.15, 0.2) is 58.6 Å². The highest BCUT2D eigenvalue weighted by atomic mass is 32.2. The van der Waals surface area contributed by atoms with E-state index in [1.165, 1.54) is 4.70 Å². The molecule has 9 heteroatoms. The largest absolute Gasteiger partial charge is 0.493 e. The molecule has 3 unspecified atom stereocenters. The summed E-state index contributed by atoms with van der Waals surface area (Å²) in [6.45, 7) is 2.09. The first-order valence-corrected chi connectivity index (χ1v) is 12.1. The van der Waals surface area contributed by atoms with Crippen LogP contribution in [0.5, 0.6) is 11.5 Å². The maximum atomic E-state index is 12.9. The van der Waals surface area contributed by atoms with Crippen LogP contribution in [-0.4, -0.2) is 48.1 Å². The average Bonchev–Trinajstić information content (AvgIpc) is 3.37. The van der Waals surface area contributed by atoms with E-state index in [9.17, 15) is 4.79 Å². The summed E-state index contributed by atoms with van der Waals surface area (Å²) in [7, 11) is 3.26. The monoisotopic (exact) mass is 468 g/mol. The maximum absolute atomic E-state index is 12.9. The highest BCUT2D eigenvalue weighted by molar-refractivity contribution is 8.01. The Hall–Kier alpha value is -2.75. The van der Waals surface area contributed by atoms with Crippen LogP contribution in [-0.2, 0) is 4.79 Å². The van der Waals surface area contributed by atoms with Gasteiger partial charge in [0.1, 0.15) is 6.17 Å². The van der Waals surface area contributed by atoms with E-state index in [1.54, 1.807) is 48.4 Å². The molecule has 2 aliphatic rings. The smallest absolute Gasteiger partial charge is 0.264 e. The number of ether oxygens (including phenoxy) is 2. The summed E-state index contributed by atoms with van der Waals surface area (Å²) < 4.78 is 13.0. The lowest BCUT2D eigenvalue weighted by Crippen LogP contribution is -2.53. The summed E-state index contributed by atoms with van der Waals surface area (Å²) in [4.78, 5) is 17.6. The fourth-order valence-electron chi connectivity index (χ4n) is 4.29. The molecule has 0 radical (unpaired) electrons. The topological polar surface area (TPSA) is 75.7 Å². The van der Waals surface area contributed by atoms with Gasteiger partial charge in [-0.2, -0.15) is 0 Å². The first kappa shape index (κ1) is 21.1. The van der Waals surface area contributed by atoms with Gasteiger partial charge in [0.05, 0.1) is 24.4 Å². The first-order chi connectivity index (χ1) is 15.6. The number of carbonyl (C=O) groups is 1. The van der Waals surface area contributed by atoms with Gasteiger partial charge >= 0.3 is 0 Å². The molecule has 0 spiro atoms. The van der Waals surface area contributed by atoms with Crippen molar-refractivity contribution in [1.82, 2.24) is 20.7 Å². The van der Waals surface area contributed by atoms with Gasteiger partial charge in [-0.05, 0) is 36.8 Å². The van der Waals surface area contributed by atoms with Crippen molar-refractivity contribution in [3.05, 3.63) is 59.8 Å². The van der Waals surface area contributed by atoms with Crippen LogP contribution in [0.1, 0.15) is 18.4 Å². The normalized spacial score (nSPS) is 22.5. The molecule has 2 aliphatic heterocycles. The van der Waals surface area contributed by atoms with Crippen LogP contribution in [0.3, 0.4) is 0 Å². The Balaban J connectivity index is 1.35. The Labute approximate surface area is 194 Å². The van der Waals surface area contributed by atoms with Gasteiger partial charge < -0.3 is 14.8 Å². The lowest BCUT2D eigenvalue weighted by Gasteiger charge is -2.33. The van der Waals surface area contributed by atoms with Crippen LogP contribution in [0, 0.1) is 0 Å². The first-order valence-electron chi connectivity index (χ1n) is 10.3. The van der Waals surface area contributed by atoms with E-state index >= 15 is 0 Å². The zero-order valence-electron chi connectivity index (χ0n) is 18.0. The number of hydrogen-bond donors (Lipinski definition) is 2. The van der Waals surface area contributed by atoms with E-state index in [2.05, 4.69) is 28.7 Å². The highest BCUT2D eigenvalue weighted by Crippen LogP contribution is 2.38. The predicted molar refractivity (Wildman–Crippen MR) is 127 cm³/mol. The molecule has 1 amide bonds. The number of thiazole rings is 1. The van der Waals surface area contributed by atoms with Crippen molar-refractivity contribution in [2.24, 2.45) is 0 Å². The molecule has 0 bridgehead atoms. The summed E-state index contributed by atoms with van der Waals surface area (Å²) in [5.74, 6) is 2.04. The summed E-state index contributed by atoms with van der Waals surface area (Å²) in [6.07, 6.45) is 1.49. The second-order valence-electron chi connectivity index (χ2n) is 7.76. The Morgan fingerprint density at radius 3 is 2.75 bits per heavy atom. The molecule has 7 nitrogen and oxygen atoms in total. The lowest BCUT2D eigenvalue weighted by molar-refractivity contribution is -0.131. The quantitative estimate of drug-likeness (QED) is 0.534. The average molecular weight is 469 g/mol. The van der Waals surface area contributed by atoms with E-state index in [1.807, 2.05) is 36.4 Å². The van der Waals surface area contributed by atoms with Gasteiger partial charge in [-0.3, -0.25) is 9.80 Å². The molecule has 1 aromatic heterocycles. The summed E-state index contributed by atoms with van der Waals surface area (Å²) in [6, 6.07) is 14.1. The van der Waals surface area contributed by atoms with E-state index in [0.29, 0.717) is 17.3 Å². The van der Waals surface area contributed by atoms with Crippen LogP contribution in [0.2, 0.25) is 0 Å². The number of methoxy groups -OCH3 is 2. The third kappa shape index (κ3) is 3.80. The molecule has 3 atom stereocenters. The van der Waals surface area contributed by atoms with Gasteiger partial charge in [-0.1, -0.05) is 30.0 Å². The molecule has 1 fully saturated rings. The molecular weight excluding hydrogens is 444 g/mol. The number of hydrazine groups is 1. The standard InChI is InChI=1S/C23H24N4O3S2/c1-13-21(14-8-9-17(29-2)18(10-14)30-3)22-24-15(11-20(28)27(22)26-13)12-31-23-25-16-6-4-5-7-19(16)32-23/h4-11,13,21-22,24,26H,12H2,1-3H3. The number of para-hydroxylation sites is 1. The van der Waals surface area contributed by atoms with Crippen molar-refractivity contribution in [3.8, 4) is 11.5 Å². The number of amides is 1. The van der Waals surface area contributed by atoms with Crippen LogP contribution < -0.4 is 20.2 Å². The van der Waals surface area contributed by atoms with Crippen molar-refractivity contribution in [2.75, 3.05) is 20.0 Å². The molecule has 2 N–H and O–H groups in total. The van der Waals surface area contributed by atoms with Gasteiger partial charge in [0, 0.05) is 29.5 Å². The second kappa shape index (κ2) is 8.65. The molecule has 3 heterocycles. The molecule has 5 rings (SSSR count). The van der Waals surface area contributed by atoms with Crippen LogP contribution in [0.25, 0.3) is 10.2 Å². The Kier molecular flexibility index (Phi) is 5.71. The molecule has 2 aromatic carbocycles. The Morgan fingerprint density at radius 2 is 1.97 bits per heavy atom. The molecular formula is C23H24N4O3S2. The van der Waals surface area contributed by atoms with Crippen molar-refractivity contribution in [2.45, 2.75) is 29.4 Å². The van der Waals surface area contributed by atoms with Gasteiger partial charge in [0.25, 0.3) is 5.91 Å². The summed E-state index contributed by atoms with van der Waals surface area (Å²) in [5.41, 5.74) is 6.31. The van der Waals surface area contributed by atoms with E-state index in [0.717, 1.165) is 21.1 Å². The molecule has 3 aromatic rings. The maximum Gasteiger partial charge on any atom is 0.264 e. The van der Waals surface area contributed by atoms with Crippen molar-refractivity contribution < 1.29 is 14.3 Å². The van der Waals surface area contributed by atoms with Gasteiger partial charge in [0.15, 0.2) is 15.8 Å². The summed E-state index contributed by atoms with van der Waals surface area (Å²) in [5, 5.41) is 5.27. The third-order valence-corrected chi connectivity index (χ3v) is 8.01. The van der Waals surface area contributed by atoms with Crippen molar-refractivity contribution in [1.29, 1.82) is 0 Å². The number of nitrogens with zero attached hydrogens (tertiary/aromatic N) is 2. The van der Waals surface area contributed by atoms with Gasteiger partial charge in [-0.15, -0.1) is 11.3 Å². The predicted octanol–water partition coefficient (Wildman–Crippen LogP) is 3.74. The van der Waals surface area contributed by atoms with Gasteiger partial charge in [-0.25, -0.2) is 10.4 Å². The van der Waals surface area contributed by atoms with Crippen LogP contribution >= 0.6 is 23.1 Å². The number of thioether (sulfide) groups is 1. The number of fused-ring (bicyclic) bond motifs is 2. The van der Waals surface area contributed by atoms with Gasteiger partial charge in [0.2, 0.25) is 0 Å². The minimum atomic E-state index is -0.188. The molecule has 0 aliphatic carbocycles. The number of carbonyl (C=O) groups excluding carboxylic acids is 1. The molecule has 1 saturated heterocycles. The number of aromatic nitrogens is 1. The number of rotatable bonds is 6. The lowest BCUT2D eigenvalue weighted by atomic mass is 9.90. The number of benzene rings is 2. The van der Waals surface area contributed by atoms with E-state index < -0.39 is 0 Å². The Morgan fingerprint density at radius 1 is 1.16 bits per heavy atom. The molecule has 32 heavy (non-hydrogen) atoms. The highest BCUT2D eigenvalue weighted by Gasteiger charge is 2.44. The minimum Gasteiger partial charge on any atom is -0.493 e. The van der Waals surface area contributed by atoms with E-state index in [-0.39, 0.29) is 24.0 Å². The zero-order valence-corrected chi connectivity index (χ0v) is 19.6. The van der Waals surface area contributed by atoms with Crippen molar-refractivity contribution >= 4 is 39.2 Å².